The summed E-state index contributed by atoms with van der Waals surface area (Å²) in [6, 6.07) is 43.9. The van der Waals surface area contributed by atoms with E-state index in [2.05, 4.69) is 84.9 Å². The summed E-state index contributed by atoms with van der Waals surface area (Å²) in [6.07, 6.45) is 0. The molecule has 0 unspecified atom stereocenters. The van der Waals surface area contributed by atoms with Gasteiger partial charge in [-0.2, -0.15) is 0 Å². The Kier molecular flexibility index (Phi) is 5.03. The van der Waals surface area contributed by atoms with Gasteiger partial charge in [-0.25, -0.2) is 15.0 Å². The third-order valence-corrected chi connectivity index (χ3v) is 9.06. The van der Waals surface area contributed by atoms with Gasteiger partial charge in [-0.05, 0) is 47.2 Å². The third kappa shape index (κ3) is 3.57. The van der Waals surface area contributed by atoms with E-state index in [1.807, 2.05) is 42.5 Å². The van der Waals surface area contributed by atoms with Gasteiger partial charge in [0.1, 0.15) is 11.2 Å². The molecule has 196 valence electrons. The Morgan fingerprint density at radius 3 is 2.07 bits per heavy atom. The Labute approximate surface area is 244 Å². The van der Waals surface area contributed by atoms with Crippen LogP contribution in [-0.4, -0.2) is 15.0 Å². The number of benzene rings is 6. The molecule has 42 heavy (non-hydrogen) atoms. The lowest BCUT2D eigenvalue weighted by atomic mass is 10.0. The second kappa shape index (κ2) is 9.06. The van der Waals surface area contributed by atoms with Gasteiger partial charge in [-0.1, -0.05) is 91.0 Å². The van der Waals surface area contributed by atoms with Crippen molar-refractivity contribution in [2.45, 2.75) is 0 Å². The first kappa shape index (κ1) is 23.3. The SMILES string of the molecule is c1ccc(-c2nc(-c3ccc4oc5ccc6ccccc6c5c4c3)nc(-c3cccc4sc5ccccc5c34)n2)cc1. The maximum absolute atomic E-state index is 6.27. The van der Waals surface area contributed by atoms with Gasteiger partial charge in [0.15, 0.2) is 17.5 Å². The summed E-state index contributed by atoms with van der Waals surface area (Å²) in [4.78, 5) is 15.2. The maximum atomic E-state index is 6.27. The van der Waals surface area contributed by atoms with Crippen LogP contribution in [0.5, 0.6) is 0 Å². The summed E-state index contributed by atoms with van der Waals surface area (Å²) in [6.45, 7) is 0. The molecular weight excluding hydrogens is 534 g/mol. The highest BCUT2D eigenvalue weighted by Crippen LogP contribution is 2.40. The zero-order valence-corrected chi connectivity index (χ0v) is 23.1. The number of hydrogen-bond acceptors (Lipinski definition) is 5. The van der Waals surface area contributed by atoms with E-state index in [1.54, 1.807) is 11.3 Å². The smallest absolute Gasteiger partial charge is 0.164 e. The van der Waals surface area contributed by atoms with Gasteiger partial charge in [0.05, 0.1) is 0 Å². The third-order valence-electron chi connectivity index (χ3n) is 7.93. The van der Waals surface area contributed by atoms with E-state index >= 15 is 0 Å². The number of hydrogen-bond donors (Lipinski definition) is 0. The van der Waals surface area contributed by atoms with E-state index < -0.39 is 0 Å². The minimum absolute atomic E-state index is 0.631. The molecule has 4 nitrogen and oxygen atoms in total. The number of nitrogens with zero attached hydrogens (tertiary/aromatic N) is 3. The van der Waals surface area contributed by atoms with Gasteiger partial charge in [0.2, 0.25) is 0 Å². The van der Waals surface area contributed by atoms with Crippen molar-refractivity contribution in [2.24, 2.45) is 0 Å². The van der Waals surface area contributed by atoms with Gasteiger partial charge < -0.3 is 4.42 Å². The quantitative estimate of drug-likeness (QED) is 0.218. The van der Waals surface area contributed by atoms with Crippen molar-refractivity contribution in [3.8, 4) is 34.2 Å². The Bertz CT molecular complexity index is 2480. The lowest BCUT2D eigenvalue weighted by molar-refractivity contribution is 0.669. The number of fused-ring (bicyclic) bond motifs is 8. The molecule has 0 aliphatic heterocycles. The number of rotatable bonds is 3. The van der Waals surface area contributed by atoms with Crippen LogP contribution in [0, 0.1) is 0 Å². The summed E-state index contributed by atoms with van der Waals surface area (Å²) in [5.74, 6) is 1.94. The molecule has 0 aliphatic carbocycles. The van der Waals surface area contributed by atoms with Crippen LogP contribution in [0.25, 0.3) is 87.0 Å². The van der Waals surface area contributed by atoms with Crippen molar-refractivity contribution in [3.05, 3.63) is 127 Å². The molecule has 0 atom stereocenters. The van der Waals surface area contributed by atoms with E-state index in [0.29, 0.717) is 17.5 Å². The monoisotopic (exact) mass is 555 g/mol. The normalized spacial score (nSPS) is 11.8. The van der Waals surface area contributed by atoms with Crippen LogP contribution >= 0.6 is 11.3 Å². The molecule has 0 N–H and O–H groups in total. The molecule has 0 saturated carbocycles. The molecule has 0 spiro atoms. The fraction of sp³-hybridized carbons (Fsp3) is 0. The Morgan fingerprint density at radius 2 is 1.17 bits per heavy atom. The molecule has 3 heterocycles. The number of furan rings is 1. The van der Waals surface area contributed by atoms with Crippen molar-refractivity contribution in [3.63, 3.8) is 0 Å². The van der Waals surface area contributed by atoms with Crippen LogP contribution in [0.4, 0.5) is 0 Å². The van der Waals surface area contributed by atoms with E-state index in [0.717, 1.165) is 38.6 Å². The molecule has 0 saturated heterocycles. The second-order valence-corrected chi connectivity index (χ2v) is 11.5. The van der Waals surface area contributed by atoms with Gasteiger partial charge in [0, 0.05) is 47.6 Å². The van der Waals surface area contributed by atoms with E-state index in [1.165, 1.54) is 30.9 Å². The first-order valence-corrected chi connectivity index (χ1v) is 14.7. The standard InChI is InChI=1S/C37H21N3OS/c1-2-10-23(11-3-1)35-38-36(40-37(39-35)27-14-8-16-32-34(27)26-13-6-7-15-31(26)42-32)24-18-19-29-28(21-24)33-25-12-5-4-9-22(25)17-20-30(33)41-29/h1-21H. The highest BCUT2D eigenvalue weighted by atomic mass is 32.1. The molecular formula is C37H21N3OS. The Hall–Kier alpha value is -5.39. The molecule has 9 rings (SSSR count). The summed E-state index contributed by atoms with van der Waals surface area (Å²) < 4.78 is 8.74. The summed E-state index contributed by atoms with van der Waals surface area (Å²) >= 11 is 1.79. The molecule has 0 aliphatic rings. The minimum Gasteiger partial charge on any atom is -0.456 e. The predicted octanol–water partition coefficient (Wildman–Crippen LogP) is 10.3. The first-order chi connectivity index (χ1) is 20.8. The van der Waals surface area contributed by atoms with Crippen LogP contribution in [0.15, 0.2) is 132 Å². The molecule has 0 amide bonds. The molecule has 3 aromatic heterocycles. The van der Waals surface area contributed by atoms with Gasteiger partial charge in [0.25, 0.3) is 0 Å². The van der Waals surface area contributed by atoms with Crippen molar-refractivity contribution in [1.29, 1.82) is 0 Å². The fourth-order valence-corrected chi connectivity index (χ4v) is 7.12. The lowest BCUT2D eigenvalue weighted by Gasteiger charge is -2.10. The van der Waals surface area contributed by atoms with Crippen LogP contribution < -0.4 is 0 Å². The zero-order valence-electron chi connectivity index (χ0n) is 22.3. The molecule has 0 radical (unpaired) electrons. The van der Waals surface area contributed by atoms with Crippen molar-refractivity contribution >= 4 is 64.2 Å². The summed E-state index contributed by atoms with van der Waals surface area (Å²) in [5.41, 5.74) is 4.59. The van der Waals surface area contributed by atoms with Gasteiger partial charge in [-0.15, -0.1) is 11.3 Å². The first-order valence-electron chi connectivity index (χ1n) is 13.9. The largest absolute Gasteiger partial charge is 0.456 e. The van der Waals surface area contributed by atoms with Crippen molar-refractivity contribution < 1.29 is 4.42 Å². The Balaban J connectivity index is 1.32. The van der Waals surface area contributed by atoms with E-state index in [-0.39, 0.29) is 0 Å². The molecule has 9 aromatic rings. The van der Waals surface area contributed by atoms with Crippen molar-refractivity contribution in [1.82, 2.24) is 15.0 Å². The van der Waals surface area contributed by atoms with Crippen LogP contribution in [0.3, 0.4) is 0 Å². The number of aromatic nitrogens is 3. The van der Waals surface area contributed by atoms with Crippen LogP contribution in [0.1, 0.15) is 0 Å². The molecule has 5 heteroatoms. The number of thiophene rings is 1. The molecule has 0 fully saturated rings. The fourth-order valence-electron chi connectivity index (χ4n) is 5.99. The van der Waals surface area contributed by atoms with Gasteiger partial charge >= 0.3 is 0 Å². The Morgan fingerprint density at radius 1 is 0.452 bits per heavy atom. The average molecular weight is 556 g/mol. The predicted molar refractivity (Wildman–Crippen MR) is 174 cm³/mol. The summed E-state index contributed by atoms with van der Waals surface area (Å²) in [7, 11) is 0. The second-order valence-electron chi connectivity index (χ2n) is 10.4. The highest BCUT2D eigenvalue weighted by Gasteiger charge is 2.18. The lowest BCUT2D eigenvalue weighted by Crippen LogP contribution is -2.00. The van der Waals surface area contributed by atoms with E-state index in [9.17, 15) is 0 Å². The van der Waals surface area contributed by atoms with E-state index in [4.69, 9.17) is 19.4 Å². The van der Waals surface area contributed by atoms with Crippen LogP contribution in [0.2, 0.25) is 0 Å². The average Bonchev–Trinajstić information content (AvgIpc) is 3.63. The summed E-state index contributed by atoms with van der Waals surface area (Å²) in [5, 5.41) is 6.91. The van der Waals surface area contributed by atoms with Gasteiger partial charge in [-0.3, -0.25) is 0 Å². The highest BCUT2D eigenvalue weighted by molar-refractivity contribution is 7.25. The topological polar surface area (TPSA) is 51.8 Å². The zero-order chi connectivity index (χ0) is 27.6. The minimum atomic E-state index is 0.631. The maximum Gasteiger partial charge on any atom is 0.164 e. The van der Waals surface area contributed by atoms with Crippen molar-refractivity contribution in [2.75, 3.05) is 0 Å². The van der Waals surface area contributed by atoms with Crippen LogP contribution in [-0.2, 0) is 0 Å². The molecule has 6 aromatic carbocycles. The molecule has 0 bridgehead atoms.